The minimum Gasteiger partial charge on any atom is -0.459 e. The van der Waals surface area contributed by atoms with Gasteiger partial charge in [0, 0.05) is 19.3 Å². The van der Waals surface area contributed by atoms with Gasteiger partial charge < -0.3 is 14.8 Å². The fourth-order valence-electron chi connectivity index (χ4n) is 11.8. The standard InChI is InChI=1S/C37H55NO5/c1-11-20-38-31(41)37-18-16-32(4,5)21-26(37)25-12-13-29-34(8)22-27(42-23(2)39)30(43-24(3)40)33(6,7)28(34)14-15-36(29,10)35(25,9)17-19-37/h1,12,26-30H,13-22H2,2-10H3,(H,38,41)/t26-,27+,28-,29+,30-,34-,35+,36+,37-/m0/s1. The van der Waals surface area contributed by atoms with Crippen molar-refractivity contribution in [1.29, 1.82) is 0 Å². The number of allylic oxidation sites excluding steroid dienone is 2. The van der Waals surface area contributed by atoms with Gasteiger partial charge in [-0.15, -0.1) is 6.42 Å². The van der Waals surface area contributed by atoms with Crippen molar-refractivity contribution >= 4 is 17.8 Å². The summed E-state index contributed by atoms with van der Waals surface area (Å²) in [5, 5.41) is 3.10. The fourth-order valence-corrected chi connectivity index (χ4v) is 11.8. The Morgan fingerprint density at radius 1 is 0.907 bits per heavy atom. The molecule has 1 N–H and O–H groups in total. The topological polar surface area (TPSA) is 81.7 Å². The van der Waals surface area contributed by atoms with Gasteiger partial charge in [-0.25, -0.2) is 0 Å². The molecule has 0 spiro atoms. The van der Waals surface area contributed by atoms with Gasteiger partial charge >= 0.3 is 11.9 Å². The summed E-state index contributed by atoms with van der Waals surface area (Å²) in [7, 11) is 0. The summed E-state index contributed by atoms with van der Waals surface area (Å²) < 4.78 is 11.9. The molecule has 6 heteroatoms. The normalized spacial score (nSPS) is 44.1. The second-order valence-corrected chi connectivity index (χ2v) is 17.0. The minimum atomic E-state index is -0.476. The number of hydrogen-bond acceptors (Lipinski definition) is 5. The molecule has 0 bridgehead atoms. The zero-order chi connectivity index (χ0) is 31.8. The first-order chi connectivity index (χ1) is 19.9. The number of hydrogen-bond donors (Lipinski definition) is 1. The van der Waals surface area contributed by atoms with E-state index in [-0.39, 0.29) is 57.4 Å². The molecule has 5 rings (SSSR count). The molecule has 5 aliphatic carbocycles. The number of esters is 2. The minimum absolute atomic E-state index is 0.0243. The van der Waals surface area contributed by atoms with E-state index >= 15 is 0 Å². The highest BCUT2D eigenvalue weighted by molar-refractivity contribution is 5.84. The lowest BCUT2D eigenvalue weighted by Crippen LogP contribution is -2.68. The van der Waals surface area contributed by atoms with Crippen molar-refractivity contribution in [3.63, 3.8) is 0 Å². The van der Waals surface area contributed by atoms with E-state index in [2.05, 4.69) is 65.8 Å². The van der Waals surface area contributed by atoms with Gasteiger partial charge in [-0.3, -0.25) is 14.4 Å². The number of nitrogens with one attached hydrogen (secondary N) is 1. The molecular formula is C37H55NO5. The Labute approximate surface area is 259 Å². The molecule has 1 amide bonds. The third kappa shape index (κ3) is 4.69. The van der Waals surface area contributed by atoms with E-state index in [1.807, 2.05) is 0 Å². The molecule has 0 aromatic rings. The van der Waals surface area contributed by atoms with Gasteiger partial charge in [0.1, 0.15) is 12.2 Å². The van der Waals surface area contributed by atoms with Crippen LogP contribution in [0.3, 0.4) is 0 Å². The Hall–Kier alpha value is -2.29. The van der Waals surface area contributed by atoms with Gasteiger partial charge in [-0.2, -0.15) is 0 Å². The van der Waals surface area contributed by atoms with Gasteiger partial charge in [0.2, 0.25) is 5.91 Å². The first kappa shape index (κ1) is 32.1. The van der Waals surface area contributed by atoms with Crippen LogP contribution in [0.2, 0.25) is 0 Å². The Kier molecular flexibility index (Phi) is 7.75. The number of terminal acetylenes is 1. The van der Waals surface area contributed by atoms with Crippen LogP contribution in [0.5, 0.6) is 0 Å². The van der Waals surface area contributed by atoms with E-state index < -0.39 is 17.6 Å². The molecule has 238 valence electrons. The molecular weight excluding hydrogens is 538 g/mol. The Morgan fingerprint density at radius 3 is 2.19 bits per heavy atom. The lowest BCUT2D eigenvalue weighted by atomic mass is 9.33. The molecule has 0 heterocycles. The van der Waals surface area contributed by atoms with E-state index in [0.29, 0.717) is 18.3 Å². The summed E-state index contributed by atoms with van der Waals surface area (Å²) in [5.41, 5.74) is 0.817. The summed E-state index contributed by atoms with van der Waals surface area (Å²) >= 11 is 0. The number of ether oxygens (including phenoxy) is 2. The molecule has 4 fully saturated rings. The largest absolute Gasteiger partial charge is 0.459 e. The third-order valence-electron chi connectivity index (χ3n) is 13.9. The van der Waals surface area contributed by atoms with Crippen molar-refractivity contribution < 1.29 is 23.9 Å². The van der Waals surface area contributed by atoms with Crippen LogP contribution in [-0.2, 0) is 23.9 Å². The first-order valence-electron chi connectivity index (χ1n) is 16.6. The fraction of sp³-hybridized carbons (Fsp3) is 0.811. The van der Waals surface area contributed by atoms with Gasteiger partial charge in [0.15, 0.2) is 0 Å². The monoisotopic (exact) mass is 593 g/mol. The smallest absolute Gasteiger partial charge is 0.303 e. The van der Waals surface area contributed by atoms with Gasteiger partial charge in [-0.1, -0.05) is 66.0 Å². The molecule has 0 aromatic carbocycles. The predicted molar refractivity (Wildman–Crippen MR) is 167 cm³/mol. The van der Waals surface area contributed by atoms with E-state index in [0.717, 1.165) is 51.4 Å². The number of carbonyl (C=O) groups excluding carboxylic acids is 3. The van der Waals surface area contributed by atoms with Crippen molar-refractivity contribution in [3.05, 3.63) is 11.6 Å². The van der Waals surface area contributed by atoms with Gasteiger partial charge in [-0.05, 0) is 97.2 Å². The molecule has 9 atom stereocenters. The molecule has 0 aromatic heterocycles. The van der Waals surface area contributed by atoms with E-state index in [1.165, 1.54) is 19.4 Å². The van der Waals surface area contributed by atoms with Crippen molar-refractivity contribution in [3.8, 4) is 12.3 Å². The maximum absolute atomic E-state index is 13.9. The summed E-state index contributed by atoms with van der Waals surface area (Å²) in [6.45, 7) is 19.8. The van der Waals surface area contributed by atoms with Crippen LogP contribution >= 0.6 is 0 Å². The Morgan fingerprint density at radius 2 is 1.56 bits per heavy atom. The Bertz CT molecular complexity index is 1260. The zero-order valence-corrected chi connectivity index (χ0v) is 28.2. The molecule has 0 aliphatic heterocycles. The highest BCUT2D eigenvalue weighted by Crippen LogP contribution is 2.76. The van der Waals surface area contributed by atoms with Crippen LogP contribution in [0, 0.1) is 62.6 Å². The van der Waals surface area contributed by atoms with E-state index in [1.54, 1.807) is 0 Å². The highest BCUT2D eigenvalue weighted by Gasteiger charge is 2.70. The molecule has 0 radical (unpaired) electrons. The second kappa shape index (κ2) is 10.4. The average molecular weight is 594 g/mol. The van der Waals surface area contributed by atoms with E-state index in [9.17, 15) is 14.4 Å². The van der Waals surface area contributed by atoms with Crippen molar-refractivity contribution in [2.75, 3.05) is 6.54 Å². The van der Waals surface area contributed by atoms with Crippen LogP contribution in [0.1, 0.15) is 120 Å². The molecule has 0 unspecified atom stereocenters. The summed E-state index contributed by atoms with van der Waals surface area (Å²) in [6.07, 6.45) is 15.8. The third-order valence-corrected chi connectivity index (χ3v) is 13.9. The highest BCUT2D eigenvalue weighted by atomic mass is 16.6. The number of carbonyl (C=O) groups is 3. The van der Waals surface area contributed by atoms with Crippen LogP contribution in [0.15, 0.2) is 11.6 Å². The number of rotatable bonds is 4. The predicted octanol–water partition coefficient (Wildman–Crippen LogP) is 7.01. The molecule has 6 nitrogen and oxygen atoms in total. The molecule has 43 heavy (non-hydrogen) atoms. The quantitative estimate of drug-likeness (QED) is 0.215. The van der Waals surface area contributed by atoms with E-state index in [4.69, 9.17) is 15.9 Å². The van der Waals surface area contributed by atoms with Crippen LogP contribution in [0.4, 0.5) is 0 Å². The van der Waals surface area contributed by atoms with Gasteiger partial charge in [0.25, 0.3) is 0 Å². The number of fused-ring (bicyclic) bond motifs is 7. The molecule has 0 saturated heterocycles. The Balaban J connectivity index is 1.58. The van der Waals surface area contributed by atoms with Crippen molar-refractivity contribution in [2.45, 2.75) is 132 Å². The summed E-state index contributed by atoms with van der Waals surface area (Å²) in [4.78, 5) is 38.5. The lowest BCUT2D eigenvalue weighted by Gasteiger charge is -2.71. The summed E-state index contributed by atoms with van der Waals surface area (Å²) in [6, 6.07) is 0. The SMILES string of the molecule is C#CCNC(=O)[C@]12CCC(C)(C)C[C@H]1C1=CC[C@@H]3[C@@]4(C)C[C@@H](OC(C)=O)[C@H](OC(C)=O)C(C)(C)[C@@H]4CC[C@@]3(C)[C@]1(C)CC2. The zero-order valence-electron chi connectivity index (χ0n) is 28.2. The van der Waals surface area contributed by atoms with Crippen LogP contribution in [-0.4, -0.2) is 36.6 Å². The number of amides is 1. The maximum atomic E-state index is 13.9. The summed E-state index contributed by atoms with van der Waals surface area (Å²) in [5.74, 6) is 3.00. The van der Waals surface area contributed by atoms with Crippen LogP contribution < -0.4 is 5.32 Å². The van der Waals surface area contributed by atoms with Crippen molar-refractivity contribution in [2.24, 2.45) is 50.2 Å². The van der Waals surface area contributed by atoms with Gasteiger partial charge in [0.05, 0.1) is 12.0 Å². The lowest BCUT2D eigenvalue weighted by molar-refractivity contribution is -0.243. The van der Waals surface area contributed by atoms with Crippen molar-refractivity contribution in [1.82, 2.24) is 5.32 Å². The molecule has 5 aliphatic rings. The average Bonchev–Trinajstić information content (AvgIpc) is 2.89. The maximum Gasteiger partial charge on any atom is 0.303 e. The molecule has 4 saturated carbocycles. The second-order valence-electron chi connectivity index (χ2n) is 17.0. The first-order valence-corrected chi connectivity index (χ1v) is 16.6. The van der Waals surface area contributed by atoms with Crippen LogP contribution in [0.25, 0.3) is 0 Å².